The Morgan fingerprint density at radius 1 is 1.23 bits per heavy atom. The molecule has 0 radical (unpaired) electrons. The highest BCUT2D eigenvalue weighted by Gasteiger charge is 2.27. The van der Waals surface area contributed by atoms with Crippen LogP contribution in [0.1, 0.15) is 23.0 Å². The van der Waals surface area contributed by atoms with Gasteiger partial charge in [0.2, 0.25) is 0 Å². The number of amides is 2. The van der Waals surface area contributed by atoms with Crippen molar-refractivity contribution in [2.45, 2.75) is 6.92 Å². The van der Waals surface area contributed by atoms with E-state index in [0.717, 1.165) is 0 Å². The van der Waals surface area contributed by atoms with Gasteiger partial charge in [0, 0.05) is 11.1 Å². The average molecular weight is 348 g/mol. The molecule has 0 saturated carbocycles. The maximum Gasteiger partial charge on any atom is 0.335 e. The highest BCUT2D eigenvalue weighted by Crippen LogP contribution is 2.27. The first-order valence-electron chi connectivity index (χ1n) is 7.53. The molecule has 7 heteroatoms. The second-order valence-corrected chi connectivity index (χ2v) is 5.54. The summed E-state index contributed by atoms with van der Waals surface area (Å²) in [6.07, 6.45) is 1.43. The van der Waals surface area contributed by atoms with Gasteiger partial charge < -0.3 is 9.52 Å². The van der Waals surface area contributed by atoms with Crippen molar-refractivity contribution >= 4 is 23.9 Å². The van der Waals surface area contributed by atoms with Crippen LogP contribution in [0.2, 0.25) is 0 Å². The maximum atomic E-state index is 12.0. The van der Waals surface area contributed by atoms with Gasteiger partial charge in [0.25, 0.3) is 11.8 Å². The first kappa shape index (κ1) is 16.9. The van der Waals surface area contributed by atoms with E-state index in [1.807, 2.05) is 0 Å². The van der Waals surface area contributed by atoms with Gasteiger partial charge in [-0.25, -0.2) is 4.79 Å². The Morgan fingerprint density at radius 2 is 2.00 bits per heavy atom. The second-order valence-electron chi connectivity index (χ2n) is 5.54. The molecule has 1 aromatic heterocycles. The number of hydrogen-bond donors (Lipinski definition) is 2. The Kier molecular flexibility index (Phi) is 4.25. The summed E-state index contributed by atoms with van der Waals surface area (Å²) in [6.45, 7) is 1.52. The van der Waals surface area contributed by atoms with Gasteiger partial charge in [-0.05, 0) is 42.8 Å². The maximum absolute atomic E-state index is 12.0. The molecule has 1 aromatic carbocycles. The smallest absolute Gasteiger partial charge is 0.335 e. The Morgan fingerprint density at radius 3 is 2.69 bits per heavy atom. The van der Waals surface area contributed by atoms with E-state index >= 15 is 0 Å². The third kappa shape index (κ3) is 3.03. The highest BCUT2D eigenvalue weighted by atomic mass is 16.4. The fourth-order valence-corrected chi connectivity index (χ4v) is 2.55. The number of rotatable bonds is 3. The number of furan rings is 1. The normalized spacial score (nSPS) is 15.8. The Hall–Kier alpha value is -3.92. The Bertz CT molecular complexity index is 1050. The molecule has 2 N–H and O–H groups in total. The molecular weight excluding hydrogens is 336 g/mol. The first-order valence-corrected chi connectivity index (χ1v) is 7.53. The molecule has 0 aliphatic carbocycles. The molecule has 128 valence electrons. The molecule has 2 aromatic rings. The van der Waals surface area contributed by atoms with Crippen molar-refractivity contribution in [3.8, 4) is 17.4 Å². The average Bonchev–Trinajstić information content (AvgIpc) is 3.07. The van der Waals surface area contributed by atoms with Crippen LogP contribution in [-0.4, -0.2) is 22.9 Å². The topological polar surface area (TPSA) is 120 Å². The minimum atomic E-state index is -1.05. The summed E-state index contributed by atoms with van der Waals surface area (Å²) >= 11 is 0. The van der Waals surface area contributed by atoms with E-state index in [0.29, 0.717) is 17.1 Å². The predicted molar refractivity (Wildman–Crippen MR) is 90.5 cm³/mol. The lowest BCUT2D eigenvalue weighted by Gasteiger charge is -2.15. The van der Waals surface area contributed by atoms with Crippen molar-refractivity contribution in [3.05, 3.63) is 64.4 Å². The molecule has 2 amide bonds. The van der Waals surface area contributed by atoms with Crippen LogP contribution >= 0.6 is 0 Å². The second kappa shape index (κ2) is 6.53. The number of carboxylic acid groups (broad SMARTS) is 1. The molecule has 0 unspecified atom stereocenters. The Labute approximate surface area is 147 Å². The molecule has 26 heavy (non-hydrogen) atoms. The van der Waals surface area contributed by atoms with Crippen molar-refractivity contribution in [1.29, 1.82) is 5.26 Å². The monoisotopic (exact) mass is 348 g/mol. The van der Waals surface area contributed by atoms with Gasteiger partial charge in [0.15, 0.2) is 0 Å². The summed E-state index contributed by atoms with van der Waals surface area (Å²) in [5.41, 5.74) is 0.995. The zero-order valence-electron chi connectivity index (χ0n) is 13.6. The number of carbonyl (C=O) groups is 3. The number of nitrogens with one attached hydrogen (secondary N) is 1. The number of aromatic carboxylic acids is 1. The molecule has 7 nitrogen and oxygen atoms in total. The number of hydrogen-bond acceptors (Lipinski definition) is 5. The molecule has 2 heterocycles. The van der Waals surface area contributed by atoms with Crippen molar-refractivity contribution < 1.29 is 23.9 Å². The third-order valence-electron chi connectivity index (χ3n) is 3.90. The fourth-order valence-electron chi connectivity index (χ4n) is 2.55. The van der Waals surface area contributed by atoms with Crippen LogP contribution in [0.15, 0.2) is 57.5 Å². The van der Waals surface area contributed by atoms with Crippen LogP contribution in [-0.2, 0) is 9.59 Å². The van der Waals surface area contributed by atoms with E-state index in [4.69, 9.17) is 14.8 Å². The largest absolute Gasteiger partial charge is 0.478 e. The van der Waals surface area contributed by atoms with Crippen molar-refractivity contribution in [2.24, 2.45) is 0 Å². The standard InChI is InChI=1S/C19H12N2O5/c1-10-14(17(22)21-18(23)15(10)9-20)8-13-5-6-16(26-13)11-3-2-4-12(7-11)19(24)25/h2-8H,1H3,(H,24,25)(H,21,22,23). The number of benzene rings is 1. The molecule has 0 saturated heterocycles. The van der Waals surface area contributed by atoms with Gasteiger partial charge in [-0.1, -0.05) is 12.1 Å². The summed E-state index contributed by atoms with van der Waals surface area (Å²) in [6, 6.07) is 11.3. The van der Waals surface area contributed by atoms with Crippen molar-refractivity contribution in [3.63, 3.8) is 0 Å². The summed E-state index contributed by atoms with van der Waals surface area (Å²) < 4.78 is 5.66. The number of nitrogens with zero attached hydrogens (tertiary/aromatic N) is 1. The van der Waals surface area contributed by atoms with E-state index in [1.165, 1.54) is 25.1 Å². The van der Waals surface area contributed by atoms with Crippen LogP contribution < -0.4 is 5.32 Å². The molecule has 0 atom stereocenters. The highest BCUT2D eigenvalue weighted by molar-refractivity contribution is 6.19. The van der Waals surface area contributed by atoms with E-state index in [1.54, 1.807) is 30.3 Å². The summed E-state index contributed by atoms with van der Waals surface area (Å²) in [5.74, 6) is -1.63. The molecule has 0 spiro atoms. The van der Waals surface area contributed by atoms with E-state index in [9.17, 15) is 14.4 Å². The minimum Gasteiger partial charge on any atom is -0.478 e. The summed E-state index contributed by atoms with van der Waals surface area (Å²) in [7, 11) is 0. The van der Waals surface area contributed by atoms with Crippen LogP contribution in [0.5, 0.6) is 0 Å². The number of nitriles is 1. The number of imide groups is 1. The van der Waals surface area contributed by atoms with Crippen LogP contribution in [0, 0.1) is 11.3 Å². The van der Waals surface area contributed by atoms with Gasteiger partial charge in [-0.3, -0.25) is 14.9 Å². The number of carboxylic acids is 1. The SMILES string of the molecule is CC1=C(C#N)C(=O)NC(=O)C1=Cc1ccc(-c2cccc(C(=O)O)c2)o1. The van der Waals surface area contributed by atoms with Gasteiger partial charge in [0.05, 0.1) is 5.56 Å². The summed E-state index contributed by atoms with van der Waals surface area (Å²) in [4.78, 5) is 34.7. The lowest BCUT2D eigenvalue weighted by atomic mass is 9.96. The van der Waals surface area contributed by atoms with Crippen molar-refractivity contribution in [1.82, 2.24) is 5.32 Å². The zero-order valence-corrected chi connectivity index (χ0v) is 13.6. The molecule has 1 aliphatic rings. The van der Waals surface area contributed by atoms with E-state index in [2.05, 4.69) is 5.32 Å². The quantitative estimate of drug-likeness (QED) is 0.649. The fraction of sp³-hybridized carbons (Fsp3) is 0.0526. The van der Waals surface area contributed by atoms with Crippen LogP contribution in [0.4, 0.5) is 0 Å². The molecular formula is C19H12N2O5. The third-order valence-corrected chi connectivity index (χ3v) is 3.90. The molecule has 0 bridgehead atoms. The van der Waals surface area contributed by atoms with Crippen molar-refractivity contribution in [2.75, 3.05) is 0 Å². The predicted octanol–water partition coefficient (Wildman–Crippen LogP) is 2.52. The van der Waals surface area contributed by atoms with Gasteiger partial charge >= 0.3 is 5.97 Å². The van der Waals surface area contributed by atoms with E-state index in [-0.39, 0.29) is 22.3 Å². The lowest BCUT2D eigenvalue weighted by Crippen LogP contribution is -2.37. The molecule has 3 rings (SSSR count). The number of carbonyl (C=O) groups excluding carboxylic acids is 2. The minimum absolute atomic E-state index is 0.126. The van der Waals surface area contributed by atoms with E-state index < -0.39 is 17.8 Å². The molecule has 0 fully saturated rings. The van der Waals surface area contributed by atoms with Gasteiger partial charge in [-0.2, -0.15) is 5.26 Å². The first-order chi connectivity index (χ1) is 12.4. The Balaban J connectivity index is 1.99. The van der Waals surface area contributed by atoms with Crippen LogP contribution in [0.3, 0.4) is 0 Å². The van der Waals surface area contributed by atoms with Gasteiger partial charge in [-0.15, -0.1) is 0 Å². The van der Waals surface area contributed by atoms with Gasteiger partial charge in [0.1, 0.15) is 23.2 Å². The lowest BCUT2D eigenvalue weighted by molar-refractivity contribution is -0.126. The molecule has 1 aliphatic heterocycles. The summed E-state index contributed by atoms with van der Waals surface area (Å²) in [5, 5.41) is 20.2. The zero-order chi connectivity index (χ0) is 18.8. The van der Waals surface area contributed by atoms with Crippen LogP contribution in [0.25, 0.3) is 17.4 Å².